The summed E-state index contributed by atoms with van der Waals surface area (Å²) in [6.07, 6.45) is 10.4. The van der Waals surface area contributed by atoms with Crippen molar-refractivity contribution in [1.29, 1.82) is 0 Å². The molecular weight excluding hydrogens is 443 g/mol. The van der Waals surface area contributed by atoms with E-state index in [-0.39, 0.29) is 22.3 Å². The molecule has 3 aromatic rings. The first-order chi connectivity index (χ1) is 16.4. The molecule has 5 heteroatoms. The third-order valence-electron chi connectivity index (χ3n) is 6.66. The van der Waals surface area contributed by atoms with E-state index in [2.05, 4.69) is 24.0 Å². The Balaban J connectivity index is 1.51. The lowest BCUT2D eigenvalue weighted by Crippen LogP contribution is -2.14. The highest BCUT2D eigenvalue weighted by molar-refractivity contribution is 5.84. The van der Waals surface area contributed by atoms with Crippen LogP contribution in [0.5, 0.6) is 0 Å². The van der Waals surface area contributed by atoms with E-state index in [4.69, 9.17) is 0 Å². The molecule has 0 amide bonds. The molecule has 4 rings (SSSR count). The molecule has 0 N–H and O–H groups in total. The van der Waals surface area contributed by atoms with Gasteiger partial charge in [0, 0.05) is 10.9 Å². The van der Waals surface area contributed by atoms with Crippen molar-refractivity contribution >= 4 is 10.8 Å². The van der Waals surface area contributed by atoms with Gasteiger partial charge in [-0.15, -0.1) is 0 Å². The van der Waals surface area contributed by atoms with Crippen molar-refractivity contribution in [3.05, 3.63) is 94.3 Å². The highest BCUT2D eigenvalue weighted by Gasteiger charge is 2.23. The van der Waals surface area contributed by atoms with Gasteiger partial charge in [-0.3, -0.25) is 0 Å². The molecule has 1 fully saturated rings. The largest absolute Gasteiger partial charge is 0.206 e. The maximum absolute atomic E-state index is 14.8. The van der Waals surface area contributed by atoms with Gasteiger partial charge in [0.2, 0.25) is 0 Å². The second-order valence-electron chi connectivity index (χ2n) is 8.90. The number of rotatable bonds is 4. The quantitative estimate of drug-likeness (QED) is 0.156. The van der Waals surface area contributed by atoms with Crippen molar-refractivity contribution in [1.82, 2.24) is 0 Å². The fraction of sp³-hybridized carbons (Fsp3) is 0.310. The summed E-state index contributed by atoms with van der Waals surface area (Å²) >= 11 is 0. The molecule has 0 radical (unpaired) electrons. The second-order valence-corrected chi connectivity index (χ2v) is 8.90. The van der Waals surface area contributed by atoms with Crippen LogP contribution in [0.3, 0.4) is 0 Å². The minimum absolute atomic E-state index is 0.0947. The van der Waals surface area contributed by atoms with E-state index < -0.39 is 29.1 Å². The number of benzene rings is 3. The van der Waals surface area contributed by atoms with Crippen LogP contribution in [0.15, 0.2) is 48.6 Å². The van der Waals surface area contributed by atoms with Gasteiger partial charge in [-0.2, -0.15) is 0 Å². The highest BCUT2D eigenvalue weighted by Crippen LogP contribution is 2.38. The average molecular weight is 469 g/mol. The normalized spacial score (nSPS) is 18.3. The summed E-state index contributed by atoms with van der Waals surface area (Å²) in [7, 11) is 0. The summed E-state index contributed by atoms with van der Waals surface area (Å²) in [5.41, 5.74) is 0.614. The summed E-state index contributed by atoms with van der Waals surface area (Å²) in [5, 5.41) is 0.0172. The number of hydrogen-bond acceptors (Lipinski definition) is 0. The van der Waals surface area contributed by atoms with E-state index in [1.54, 1.807) is 0 Å². The van der Waals surface area contributed by atoms with Crippen LogP contribution in [-0.2, 0) is 0 Å². The van der Waals surface area contributed by atoms with Crippen LogP contribution in [0.25, 0.3) is 10.8 Å². The molecule has 1 aliphatic carbocycles. The Hall–Kier alpha value is -3.13. The number of hydrogen-bond donors (Lipinski definition) is 0. The molecule has 0 atom stereocenters. The van der Waals surface area contributed by atoms with Gasteiger partial charge in [0.25, 0.3) is 0 Å². The molecule has 1 aliphatic rings. The maximum Gasteiger partial charge on any atom is 0.195 e. The van der Waals surface area contributed by atoms with Gasteiger partial charge >= 0.3 is 0 Å². The van der Waals surface area contributed by atoms with Crippen molar-refractivity contribution in [2.45, 2.75) is 51.4 Å². The first kappa shape index (κ1) is 24.0. The Bertz CT molecular complexity index is 1260. The first-order valence-corrected chi connectivity index (χ1v) is 11.6. The zero-order valence-corrected chi connectivity index (χ0v) is 18.9. The van der Waals surface area contributed by atoms with Gasteiger partial charge in [-0.25, -0.2) is 22.0 Å². The predicted octanol–water partition coefficient (Wildman–Crippen LogP) is 8.57. The Labute approximate surface area is 196 Å². The zero-order valence-electron chi connectivity index (χ0n) is 18.9. The molecule has 0 heterocycles. The topological polar surface area (TPSA) is 0 Å². The van der Waals surface area contributed by atoms with Crippen LogP contribution in [0.2, 0.25) is 0 Å². The summed E-state index contributed by atoms with van der Waals surface area (Å²) in [5.74, 6) is 0.351. The number of halogens is 5. The second kappa shape index (κ2) is 10.4. The SMILES string of the molecule is C/C=C/CCC1CCC(c2cc(F)c(C#Cc3ccc4c(F)c(F)c(F)cc4c3)c(F)c2)CC1. The van der Waals surface area contributed by atoms with E-state index >= 15 is 0 Å². The molecule has 0 nitrogen and oxygen atoms in total. The maximum atomic E-state index is 14.8. The van der Waals surface area contributed by atoms with Gasteiger partial charge in [0.1, 0.15) is 11.6 Å². The monoisotopic (exact) mass is 468 g/mol. The van der Waals surface area contributed by atoms with Crippen LogP contribution in [0.1, 0.15) is 68.1 Å². The first-order valence-electron chi connectivity index (χ1n) is 11.6. The van der Waals surface area contributed by atoms with Crippen LogP contribution in [-0.4, -0.2) is 0 Å². The lowest BCUT2D eigenvalue weighted by Gasteiger charge is -2.28. The Kier molecular flexibility index (Phi) is 7.36. The van der Waals surface area contributed by atoms with Crippen molar-refractivity contribution in [3.8, 4) is 11.8 Å². The van der Waals surface area contributed by atoms with E-state index in [0.717, 1.165) is 44.6 Å². The standard InChI is InChI=1S/C29H25F5/c1-2-3-4-5-18-6-10-20(11-7-18)21-15-25(30)24(26(31)16-21)13-9-19-8-12-23-22(14-19)17-27(32)29(34)28(23)33/h2-3,8,12,14-18,20H,4-7,10-11H2,1H3/b3-2+. The van der Waals surface area contributed by atoms with Crippen molar-refractivity contribution in [2.24, 2.45) is 5.92 Å². The third-order valence-corrected chi connectivity index (χ3v) is 6.66. The molecule has 0 bridgehead atoms. The zero-order chi connectivity index (χ0) is 24.2. The average Bonchev–Trinajstić information content (AvgIpc) is 2.82. The molecule has 0 spiro atoms. The van der Waals surface area contributed by atoms with Crippen molar-refractivity contribution < 1.29 is 22.0 Å². The number of allylic oxidation sites excluding steroid dienone is 2. The third kappa shape index (κ3) is 5.17. The predicted molar refractivity (Wildman–Crippen MR) is 125 cm³/mol. The Morgan fingerprint density at radius 1 is 0.824 bits per heavy atom. The van der Waals surface area contributed by atoms with Gasteiger partial charge in [-0.1, -0.05) is 30.1 Å². The molecule has 0 unspecified atom stereocenters. The highest BCUT2D eigenvalue weighted by atomic mass is 19.2. The smallest absolute Gasteiger partial charge is 0.195 e. The van der Waals surface area contributed by atoms with Crippen molar-refractivity contribution in [2.75, 3.05) is 0 Å². The van der Waals surface area contributed by atoms with E-state index in [9.17, 15) is 22.0 Å². The molecule has 1 saturated carbocycles. The fourth-order valence-corrected chi connectivity index (χ4v) is 4.75. The molecule has 3 aromatic carbocycles. The Morgan fingerprint density at radius 2 is 1.53 bits per heavy atom. The van der Waals surface area contributed by atoms with Crippen LogP contribution in [0.4, 0.5) is 22.0 Å². The van der Waals surface area contributed by atoms with Crippen LogP contribution in [0, 0.1) is 46.8 Å². The van der Waals surface area contributed by atoms with Crippen LogP contribution < -0.4 is 0 Å². The van der Waals surface area contributed by atoms with E-state index in [1.165, 1.54) is 30.3 Å². The minimum atomic E-state index is -1.54. The lowest BCUT2D eigenvalue weighted by atomic mass is 9.77. The summed E-state index contributed by atoms with van der Waals surface area (Å²) in [4.78, 5) is 0. The van der Waals surface area contributed by atoms with Gasteiger partial charge < -0.3 is 0 Å². The van der Waals surface area contributed by atoms with Crippen LogP contribution >= 0.6 is 0 Å². The fourth-order valence-electron chi connectivity index (χ4n) is 4.75. The minimum Gasteiger partial charge on any atom is -0.206 e. The lowest BCUT2D eigenvalue weighted by molar-refractivity contribution is 0.311. The molecule has 176 valence electrons. The van der Waals surface area contributed by atoms with Gasteiger partial charge in [0.15, 0.2) is 17.5 Å². The summed E-state index contributed by atoms with van der Waals surface area (Å²) in [6.45, 7) is 2.01. The molecule has 0 aliphatic heterocycles. The van der Waals surface area contributed by atoms with Gasteiger partial charge in [-0.05, 0) is 98.6 Å². The number of fused-ring (bicyclic) bond motifs is 1. The van der Waals surface area contributed by atoms with E-state index in [1.807, 2.05) is 6.92 Å². The summed E-state index contributed by atoms with van der Waals surface area (Å²) in [6, 6.07) is 7.62. The van der Waals surface area contributed by atoms with Gasteiger partial charge in [0.05, 0.1) is 5.56 Å². The van der Waals surface area contributed by atoms with Crippen molar-refractivity contribution in [3.63, 3.8) is 0 Å². The molecular formula is C29H25F5. The van der Waals surface area contributed by atoms with E-state index in [0.29, 0.717) is 17.0 Å². The summed E-state index contributed by atoms with van der Waals surface area (Å²) < 4.78 is 70.3. The molecule has 34 heavy (non-hydrogen) atoms. The molecule has 0 saturated heterocycles. The molecule has 0 aromatic heterocycles. The Morgan fingerprint density at radius 3 is 2.21 bits per heavy atom.